The summed E-state index contributed by atoms with van der Waals surface area (Å²) >= 11 is 2.96. The number of nitrogens with two attached hydrogens (primary N) is 1. The summed E-state index contributed by atoms with van der Waals surface area (Å²) in [6, 6.07) is 2.56. The third-order valence-corrected chi connectivity index (χ3v) is 2.69. The van der Waals surface area contributed by atoms with E-state index in [1.807, 2.05) is 0 Å². The molecule has 1 heterocycles. The molecule has 7 heteroatoms. The molecule has 0 bridgehead atoms. The highest BCUT2D eigenvalue weighted by atomic mass is 79.9. The minimum absolute atomic E-state index is 0.0133. The molecule has 0 saturated carbocycles. The van der Waals surface area contributed by atoms with E-state index in [1.165, 1.54) is 19.2 Å². The van der Waals surface area contributed by atoms with E-state index in [0.29, 0.717) is 0 Å². The van der Waals surface area contributed by atoms with Crippen LogP contribution < -0.4 is 10.5 Å². The summed E-state index contributed by atoms with van der Waals surface area (Å²) in [5.74, 6) is -1.98. The Labute approximate surface area is 103 Å². The van der Waals surface area contributed by atoms with Gasteiger partial charge in [0.25, 0.3) is 0 Å². The summed E-state index contributed by atoms with van der Waals surface area (Å²) < 4.78 is 36.9. The van der Waals surface area contributed by atoms with Gasteiger partial charge in [0.15, 0.2) is 29.0 Å². The maximum Gasteiger partial charge on any atom is 0.192 e. The zero-order valence-corrected chi connectivity index (χ0v) is 10.2. The molecule has 2 rings (SSSR count). The van der Waals surface area contributed by atoms with Crippen LogP contribution in [0.4, 0.5) is 14.6 Å². The lowest BCUT2D eigenvalue weighted by Gasteiger charge is -2.08. The van der Waals surface area contributed by atoms with Crippen molar-refractivity contribution in [1.82, 2.24) is 5.16 Å². The van der Waals surface area contributed by atoms with Gasteiger partial charge in [-0.05, 0) is 22.0 Å². The number of hydrogen-bond donors (Lipinski definition) is 1. The first-order chi connectivity index (χ1) is 8.04. The van der Waals surface area contributed by atoms with E-state index in [0.717, 1.165) is 0 Å². The Balaban J connectivity index is 2.67. The van der Waals surface area contributed by atoms with Gasteiger partial charge in [0, 0.05) is 6.07 Å². The van der Waals surface area contributed by atoms with Crippen LogP contribution in [0.1, 0.15) is 0 Å². The Hall–Kier alpha value is -1.63. The summed E-state index contributed by atoms with van der Waals surface area (Å²) in [6.07, 6.45) is 0. The average molecular weight is 305 g/mol. The molecule has 0 fully saturated rings. The van der Waals surface area contributed by atoms with E-state index >= 15 is 0 Å². The maximum absolute atomic E-state index is 13.9. The van der Waals surface area contributed by atoms with Gasteiger partial charge in [0.2, 0.25) is 0 Å². The number of anilines is 1. The van der Waals surface area contributed by atoms with Gasteiger partial charge in [-0.3, -0.25) is 0 Å². The highest BCUT2D eigenvalue weighted by molar-refractivity contribution is 9.10. The Morgan fingerprint density at radius 3 is 2.59 bits per heavy atom. The molecule has 0 aliphatic carbocycles. The van der Waals surface area contributed by atoms with E-state index in [4.69, 9.17) is 10.3 Å². The van der Waals surface area contributed by atoms with Crippen LogP contribution in [-0.4, -0.2) is 12.3 Å². The molecule has 17 heavy (non-hydrogen) atoms. The molecule has 0 aliphatic heterocycles. The van der Waals surface area contributed by atoms with E-state index < -0.39 is 17.4 Å². The maximum atomic E-state index is 13.9. The van der Waals surface area contributed by atoms with Crippen molar-refractivity contribution in [2.45, 2.75) is 0 Å². The predicted octanol–water partition coefficient (Wildman–Crippen LogP) is 2.97. The number of methoxy groups -OCH3 is 1. The van der Waals surface area contributed by atoms with Crippen molar-refractivity contribution >= 4 is 21.7 Å². The van der Waals surface area contributed by atoms with Gasteiger partial charge in [0.1, 0.15) is 0 Å². The van der Waals surface area contributed by atoms with Gasteiger partial charge < -0.3 is 15.0 Å². The number of ether oxygens (including phenoxy) is 1. The minimum Gasteiger partial charge on any atom is -0.491 e. The van der Waals surface area contributed by atoms with Crippen molar-refractivity contribution in [2.24, 2.45) is 0 Å². The number of benzene rings is 1. The van der Waals surface area contributed by atoms with Crippen molar-refractivity contribution < 1.29 is 18.0 Å². The standard InChI is InChI=1S/C10H7BrF2N2O2/c1-16-10-8(12)4(2-5(11)9(10)13)6-3-7(14)15-17-6/h2-3H,1H3,(H2,14,15). The van der Waals surface area contributed by atoms with Crippen molar-refractivity contribution in [3.8, 4) is 17.1 Å². The average Bonchev–Trinajstić information content (AvgIpc) is 2.71. The second-order valence-electron chi connectivity index (χ2n) is 3.18. The van der Waals surface area contributed by atoms with Gasteiger partial charge in [-0.25, -0.2) is 8.78 Å². The fourth-order valence-electron chi connectivity index (χ4n) is 1.35. The zero-order chi connectivity index (χ0) is 12.6. The largest absolute Gasteiger partial charge is 0.491 e. The monoisotopic (exact) mass is 304 g/mol. The van der Waals surface area contributed by atoms with Crippen LogP contribution in [0.25, 0.3) is 11.3 Å². The molecule has 0 saturated heterocycles. The molecule has 0 radical (unpaired) electrons. The number of aromatic nitrogens is 1. The lowest BCUT2D eigenvalue weighted by atomic mass is 10.1. The van der Waals surface area contributed by atoms with Crippen LogP contribution in [0.2, 0.25) is 0 Å². The molecule has 0 aliphatic rings. The van der Waals surface area contributed by atoms with Crippen LogP contribution in [0.5, 0.6) is 5.75 Å². The van der Waals surface area contributed by atoms with Crippen LogP contribution in [0.3, 0.4) is 0 Å². The normalized spacial score (nSPS) is 10.6. The Bertz CT molecular complexity index is 572. The molecule has 1 aromatic carbocycles. The molecule has 2 aromatic rings. The molecule has 90 valence electrons. The first-order valence-corrected chi connectivity index (χ1v) is 5.28. The van der Waals surface area contributed by atoms with Gasteiger partial charge >= 0.3 is 0 Å². The van der Waals surface area contributed by atoms with Crippen LogP contribution >= 0.6 is 15.9 Å². The molecular weight excluding hydrogens is 298 g/mol. The van der Waals surface area contributed by atoms with Crippen LogP contribution in [0, 0.1) is 11.6 Å². The molecule has 0 spiro atoms. The van der Waals surface area contributed by atoms with Gasteiger partial charge in [-0.2, -0.15) is 0 Å². The molecule has 0 amide bonds. The van der Waals surface area contributed by atoms with E-state index in [9.17, 15) is 8.78 Å². The molecule has 4 nitrogen and oxygen atoms in total. The highest BCUT2D eigenvalue weighted by Gasteiger charge is 2.21. The number of rotatable bonds is 2. The third kappa shape index (κ3) is 1.97. The Morgan fingerprint density at radius 2 is 2.06 bits per heavy atom. The Morgan fingerprint density at radius 1 is 1.35 bits per heavy atom. The summed E-state index contributed by atoms with van der Waals surface area (Å²) in [4.78, 5) is 0. The van der Waals surface area contributed by atoms with E-state index in [1.54, 1.807) is 0 Å². The van der Waals surface area contributed by atoms with Gasteiger partial charge in [-0.1, -0.05) is 5.16 Å². The Kier molecular flexibility index (Phi) is 3.01. The number of nitrogen functional groups attached to an aromatic ring is 1. The number of nitrogens with zero attached hydrogens (tertiary/aromatic N) is 1. The molecule has 0 atom stereocenters. The fraction of sp³-hybridized carbons (Fsp3) is 0.100. The SMILES string of the molecule is COc1c(F)c(Br)cc(-c2cc(N)no2)c1F. The first-order valence-electron chi connectivity index (χ1n) is 4.48. The lowest BCUT2D eigenvalue weighted by molar-refractivity contribution is 0.358. The van der Waals surface area contributed by atoms with E-state index in [-0.39, 0.29) is 21.6 Å². The third-order valence-electron chi connectivity index (χ3n) is 2.11. The quantitative estimate of drug-likeness (QED) is 0.867. The summed E-state index contributed by atoms with van der Waals surface area (Å²) in [6.45, 7) is 0. The van der Waals surface area contributed by atoms with Crippen molar-refractivity contribution in [2.75, 3.05) is 12.8 Å². The van der Waals surface area contributed by atoms with E-state index in [2.05, 4.69) is 25.8 Å². The van der Waals surface area contributed by atoms with Crippen molar-refractivity contribution in [1.29, 1.82) is 0 Å². The molecule has 0 unspecified atom stereocenters. The van der Waals surface area contributed by atoms with Crippen LogP contribution in [0.15, 0.2) is 21.1 Å². The van der Waals surface area contributed by atoms with Gasteiger partial charge in [-0.15, -0.1) is 0 Å². The second-order valence-corrected chi connectivity index (χ2v) is 4.04. The molecule has 1 aromatic heterocycles. The zero-order valence-electron chi connectivity index (χ0n) is 8.63. The first kappa shape index (κ1) is 11.8. The topological polar surface area (TPSA) is 61.3 Å². The fourth-order valence-corrected chi connectivity index (χ4v) is 1.76. The predicted molar refractivity (Wildman–Crippen MR) is 60.5 cm³/mol. The lowest BCUT2D eigenvalue weighted by Crippen LogP contribution is -1.96. The van der Waals surface area contributed by atoms with Crippen LogP contribution in [-0.2, 0) is 0 Å². The number of hydrogen-bond acceptors (Lipinski definition) is 4. The molecular formula is C10H7BrF2N2O2. The second kappa shape index (κ2) is 4.33. The van der Waals surface area contributed by atoms with Crippen molar-refractivity contribution in [3.05, 3.63) is 28.2 Å². The number of halogens is 3. The highest BCUT2D eigenvalue weighted by Crippen LogP contribution is 2.36. The molecule has 2 N–H and O–H groups in total. The smallest absolute Gasteiger partial charge is 0.192 e. The minimum atomic E-state index is -0.871. The summed E-state index contributed by atoms with van der Waals surface area (Å²) in [5.41, 5.74) is 5.37. The summed E-state index contributed by atoms with van der Waals surface area (Å²) in [5, 5.41) is 3.43. The van der Waals surface area contributed by atoms with Crippen molar-refractivity contribution in [3.63, 3.8) is 0 Å². The summed E-state index contributed by atoms with van der Waals surface area (Å²) in [7, 11) is 1.17. The van der Waals surface area contributed by atoms with Gasteiger partial charge in [0.05, 0.1) is 17.1 Å².